The summed E-state index contributed by atoms with van der Waals surface area (Å²) in [5, 5.41) is 7.66. The molecule has 2 N–H and O–H groups in total. The van der Waals surface area contributed by atoms with Gasteiger partial charge in [-0.25, -0.2) is 8.42 Å². The number of nitrogens with one attached hydrogen (secondary N) is 2. The fraction of sp³-hybridized carbons (Fsp3) is 0.643. The Morgan fingerprint density at radius 1 is 1.43 bits per heavy atom. The van der Waals surface area contributed by atoms with Crippen molar-refractivity contribution in [1.82, 2.24) is 14.9 Å². The summed E-state index contributed by atoms with van der Waals surface area (Å²) >= 11 is 1.18. The summed E-state index contributed by atoms with van der Waals surface area (Å²) in [6, 6.07) is 2.67. The first-order valence-corrected chi connectivity index (χ1v) is 9.92. The van der Waals surface area contributed by atoms with Crippen molar-refractivity contribution in [2.24, 2.45) is 0 Å². The van der Waals surface area contributed by atoms with Gasteiger partial charge in [-0.15, -0.1) is 11.3 Å². The highest BCUT2D eigenvalue weighted by Gasteiger charge is 2.39. The quantitative estimate of drug-likeness (QED) is 0.616. The predicted molar refractivity (Wildman–Crippen MR) is 89.0 cm³/mol. The lowest BCUT2D eigenvalue weighted by Crippen LogP contribution is -2.47. The van der Waals surface area contributed by atoms with Gasteiger partial charge in [-0.3, -0.25) is 4.79 Å². The van der Waals surface area contributed by atoms with E-state index in [2.05, 4.69) is 10.6 Å². The van der Waals surface area contributed by atoms with Gasteiger partial charge in [0.15, 0.2) is 0 Å². The number of nitrogens with zero attached hydrogens (tertiary/aromatic N) is 1. The largest absolute Gasteiger partial charge is 0.383 e. The van der Waals surface area contributed by atoms with Gasteiger partial charge in [0, 0.05) is 33.3 Å². The van der Waals surface area contributed by atoms with Crippen LogP contribution in [0.4, 0.5) is 0 Å². The minimum absolute atomic E-state index is 0.226. The second-order valence-corrected chi connectivity index (χ2v) is 8.30. The molecule has 1 aromatic rings. The number of carbonyl (C=O) groups is 1. The average molecular weight is 361 g/mol. The fourth-order valence-corrected chi connectivity index (χ4v) is 5.28. The second-order valence-electron chi connectivity index (χ2n) is 5.24. The number of hydrogen-bond acceptors (Lipinski definition) is 6. The van der Waals surface area contributed by atoms with E-state index in [-0.39, 0.29) is 5.91 Å². The summed E-state index contributed by atoms with van der Waals surface area (Å²) in [6.07, 6.45) is 1.27. The van der Waals surface area contributed by atoms with E-state index >= 15 is 0 Å². The van der Waals surface area contributed by atoms with E-state index in [1.807, 2.05) is 0 Å². The Kier molecular flexibility index (Phi) is 6.97. The molecule has 1 aliphatic heterocycles. The zero-order valence-electron chi connectivity index (χ0n) is 13.2. The SMILES string of the molecule is COCCNCCNC(=O)C1CCCN1S(=O)(=O)c1cccs1. The number of thiophene rings is 1. The van der Waals surface area contributed by atoms with E-state index in [1.54, 1.807) is 24.6 Å². The van der Waals surface area contributed by atoms with Gasteiger partial charge in [-0.05, 0) is 24.3 Å². The number of sulfonamides is 1. The van der Waals surface area contributed by atoms with Crippen LogP contribution in [-0.4, -0.2) is 64.6 Å². The number of methoxy groups -OCH3 is 1. The van der Waals surface area contributed by atoms with Crippen LogP contribution in [0.25, 0.3) is 0 Å². The minimum Gasteiger partial charge on any atom is -0.383 e. The molecule has 0 radical (unpaired) electrons. The molecule has 1 fully saturated rings. The second kappa shape index (κ2) is 8.74. The van der Waals surface area contributed by atoms with Crippen LogP contribution >= 0.6 is 11.3 Å². The number of carbonyl (C=O) groups excluding carboxylic acids is 1. The zero-order chi connectivity index (χ0) is 16.7. The molecule has 7 nitrogen and oxygen atoms in total. The van der Waals surface area contributed by atoms with Gasteiger partial charge in [-0.1, -0.05) is 6.07 Å². The maximum Gasteiger partial charge on any atom is 0.253 e. The maximum absolute atomic E-state index is 12.6. The number of hydrogen-bond donors (Lipinski definition) is 2. The van der Waals surface area contributed by atoms with Crippen LogP contribution in [0, 0.1) is 0 Å². The molecule has 2 rings (SSSR count). The van der Waals surface area contributed by atoms with Crippen LogP contribution in [0.1, 0.15) is 12.8 Å². The van der Waals surface area contributed by atoms with Crippen molar-refractivity contribution in [1.29, 1.82) is 0 Å². The third-order valence-electron chi connectivity index (χ3n) is 3.65. The van der Waals surface area contributed by atoms with Gasteiger partial charge >= 0.3 is 0 Å². The lowest BCUT2D eigenvalue weighted by Gasteiger charge is -2.22. The molecule has 0 spiro atoms. The highest BCUT2D eigenvalue weighted by molar-refractivity contribution is 7.91. The fourth-order valence-electron chi connectivity index (χ4n) is 2.51. The molecular formula is C14H23N3O4S2. The number of rotatable bonds is 9. The zero-order valence-corrected chi connectivity index (χ0v) is 14.8. The topological polar surface area (TPSA) is 87.7 Å². The first-order valence-electron chi connectivity index (χ1n) is 7.60. The van der Waals surface area contributed by atoms with Crippen molar-refractivity contribution in [3.63, 3.8) is 0 Å². The Bertz CT molecular complexity index is 589. The van der Waals surface area contributed by atoms with E-state index in [0.717, 1.165) is 0 Å². The smallest absolute Gasteiger partial charge is 0.253 e. The summed E-state index contributed by atoms with van der Waals surface area (Å²) in [7, 11) is -1.94. The molecule has 0 bridgehead atoms. The van der Waals surface area contributed by atoms with Crippen LogP contribution < -0.4 is 10.6 Å². The van der Waals surface area contributed by atoms with Crippen LogP contribution in [0.15, 0.2) is 21.7 Å². The first kappa shape index (κ1) is 18.3. The molecule has 1 saturated heterocycles. The van der Waals surface area contributed by atoms with Crippen molar-refractivity contribution >= 4 is 27.3 Å². The van der Waals surface area contributed by atoms with E-state index in [9.17, 15) is 13.2 Å². The molecule has 0 aliphatic carbocycles. The summed E-state index contributed by atoms with van der Waals surface area (Å²) in [5.74, 6) is -0.226. The molecular weight excluding hydrogens is 338 g/mol. The normalized spacial score (nSPS) is 19.1. The Morgan fingerprint density at radius 2 is 2.26 bits per heavy atom. The predicted octanol–water partition coefficient (Wildman–Crippen LogP) is 0.253. The minimum atomic E-state index is -3.57. The summed E-state index contributed by atoms with van der Waals surface area (Å²) in [6.45, 7) is 2.81. The van der Waals surface area contributed by atoms with Crippen molar-refractivity contribution in [3.8, 4) is 0 Å². The third-order valence-corrected chi connectivity index (χ3v) is 6.93. The van der Waals surface area contributed by atoms with Crippen molar-refractivity contribution in [2.45, 2.75) is 23.1 Å². The van der Waals surface area contributed by atoms with Crippen LogP contribution in [0.3, 0.4) is 0 Å². The Morgan fingerprint density at radius 3 is 2.96 bits per heavy atom. The molecule has 130 valence electrons. The summed E-state index contributed by atoms with van der Waals surface area (Å²) in [4.78, 5) is 12.3. The molecule has 2 heterocycles. The van der Waals surface area contributed by atoms with Gasteiger partial charge in [0.1, 0.15) is 10.3 Å². The Hall–Kier alpha value is -1.00. The molecule has 1 aromatic heterocycles. The summed E-state index contributed by atoms with van der Waals surface area (Å²) in [5.41, 5.74) is 0. The number of amides is 1. The Labute approximate surface area is 141 Å². The van der Waals surface area contributed by atoms with Gasteiger partial charge in [0.25, 0.3) is 10.0 Å². The maximum atomic E-state index is 12.6. The highest BCUT2D eigenvalue weighted by Crippen LogP contribution is 2.28. The first-order chi connectivity index (χ1) is 11.1. The lowest BCUT2D eigenvalue weighted by atomic mass is 10.2. The molecule has 0 aromatic carbocycles. The molecule has 1 amide bonds. The standard InChI is InChI=1S/C14H23N3O4S2/c1-21-10-8-15-6-7-16-14(18)12-4-2-9-17(12)23(19,20)13-5-3-11-22-13/h3,5,11-12,15H,2,4,6-10H2,1H3,(H,16,18). The van der Waals surface area contributed by atoms with Gasteiger partial charge in [-0.2, -0.15) is 4.31 Å². The molecule has 9 heteroatoms. The molecule has 1 aliphatic rings. The van der Waals surface area contributed by atoms with Gasteiger partial charge in [0.2, 0.25) is 5.91 Å². The van der Waals surface area contributed by atoms with Crippen LogP contribution in [0.2, 0.25) is 0 Å². The van der Waals surface area contributed by atoms with E-state index in [4.69, 9.17) is 4.74 Å². The van der Waals surface area contributed by atoms with Crippen molar-refractivity contribution in [2.75, 3.05) is 39.9 Å². The molecule has 1 unspecified atom stereocenters. The monoisotopic (exact) mass is 361 g/mol. The van der Waals surface area contributed by atoms with Crippen molar-refractivity contribution in [3.05, 3.63) is 17.5 Å². The van der Waals surface area contributed by atoms with E-state index < -0.39 is 16.1 Å². The van der Waals surface area contributed by atoms with Crippen LogP contribution in [-0.2, 0) is 19.6 Å². The lowest BCUT2D eigenvalue weighted by molar-refractivity contribution is -0.124. The van der Waals surface area contributed by atoms with Gasteiger partial charge < -0.3 is 15.4 Å². The molecule has 0 saturated carbocycles. The molecule has 1 atom stereocenters. The number of ether oxygens (including phenoxy) is 1. The van der Waals surface area contributed by atoms with Crippen molar-refractivity contribution < 1.29 is 17.9 Å². The molecule has 23 heavy (non-hydrogen) atoms. The Balaban J connectivity index is 1.87. The van der Waals surface area contributed by atoms with E-state index in [1.165, 1.54) is 15.6 Å². The average Bonchev–Trinajstić information content (AvgIpc) is 3.22. The summed E-state index contributed by atoms with van der Waals surface area (Å²) < 4.78 is 31.7. The highest BCUT2D eigenvalue weighted by atomic mass is 32.2. The van der Waals surface area contributed by atoms with Crippen LogP contribution in [0.5, 0.6) is 0 Å². The van der Waals surface area contributed by atoms with E-state index in [0.29, 0.717) is 49.8 Å². The third kappa shape index (κ3) is 4.74. The van der Waals surface area contributed by atoms with Gasteiger partial charge in [0.05, 0.1) is 6.61 Å².